The zero-order chi connectivity index (χ0) is 18.8. The number of primary amides is 1. The second kappa shape index (κ2) is 10.4. The number of nitrogens with one attached hydrogen (secondary N) is 1. The largest absolute Gasteiger partial charge is 0.368 e. The van der Waals surface area contributed by atoms with Gasteiger partial charge in [-0.2, -0.15) is 0 Å². The fraction of sp³-hybridized carbons (Fsp3) is 0.529. The summed E-state index contributed by atoms with van der Waals surface area (Å²) in [6.45, 7) is 5.51. The number of allylic oxidation sites excluding steroid dienone is 1. The summed E-state index contributed by atoms with van der Waals surface area (Å²) in [6, 6.07) is -0.285. The number of ether oxygens (including phenoxy) is 1. The molecule has 1 rings (SSSR count). The van der Waals surface area contributed by atoms with E-state index in [2.05, 4.69) is 11.9 Å². The van der Waals surface area contributed by atoms with Crippen molar-refractivity contribution in [1.82, 2.24) is 10.2 Å². The number of β-lactam (4-membered cyclic amide) rings is 1. The summed E-state index contributed by atoms with van der Waals surface area (Å²) in [6.07, 6.45) is 5.34. The summed E-state index contributed by atoms with van der Waals surface area (Å²) in [4.78, 5) is 46.4. The lowest BCUT2D eigenvalue weighted by atomic mass is 10.1. The number of imide groups is 1. The van der Waals surface area contributed by atoms with E-state index in [1.54, 1.807) is 6.08 Å². The number of nitrogens with two attached hydrogens (primary N) is 1. The Kier molecular flexibility index (Phi) is 8.55. The van der Waals surface area contributed by atoms with Gasteiger partial charge in [-0.15, -0.1) is 6.58 Å². The summed E-state index contributed by atoms with van der Waals surface area (Å²) in [5, 5.41) is 2.70. The Morgan fingerprint density at radius 2 is 2.08 bits per heavy atom. The average molecular weight is 351 g/mol. The predicted octanol–water partition coefficient (Wildman–Crippen LogP) is 0.0346. The van der Waals surface area contributed by atoms with E-state index >= 15 is 0 Å². The van der Waals surface area contributed by atoms with Gasteiger partial charge in [0.05, 0.1) is 6.04 Å². The highest BCUT2D eigenvalue weighted by molar-refractivity contribution is 5.99. The van der Waals surface area contributed by atoms with Crippen molar-refractivity contribution in [1.29, 1.82) is 0 Å². The molecule has 0 bridgehead atoms. The van der Waals surface area contributed by atoms with Crippen molar-refractivity contribution < 1.29 is 23.9 Å². The van der Waals surface area contributed by atoms with E-state index in [-0.39, 0.29) is 37.0 Å². The molecule has 4 amide bonds. The van der Waals surface area contributed by atoms with E-state index in [1.807, 2.05) is 13.0 Å². The molecule has 0 aromatic heterocycles. The van der Waals surface area contributed by atoms with Crippen LogP contribution >= 0.6 is 0 Å². The van der Waals surface area contributed by atoms with Gasteiger partial charge in [-0.1, -0.05) is 17.7 Å². The van der Waals surface area contributed by atoms with Crippen LogP contribution in [0.25, 0.3) is 0 Å². The average Bonchev–Trinajstić information content (AvgIpc) is 2.54. The van der Waals surface area contributed by atoms with E-state index in [9.17, 15) is 19.2 Å². The van der Waals surface area contributed by atoms with Gasteiger partial charge in [0.2, 0.25) is 23.6 Å². The third-order valence-corrected chi connectivity index (χ3v) is 3.71. The van der Waals surface area contributed by atoms with Crippen LogP contribution in [0, 0.1) is 0 Å². The third kappa shape index (κ3) is 7.75. The van der Waals surface area contributed by atoms with Gasteiger partial charge in [0.15, 0.2) is 0 Å². The van der Waals surface area contributed by atoms with Crippen molar-refractivity contribution in [2.75, 3.05) is 19.8 Å². The van der Waals surface area contributed by atoms with Crippen LogP contribution in [0.2, 0.25) is 0 Å². The maximum atomic E-state index is 11.8. The predicted molar refractivity (Wildman–Crippen MR) is 91.1 cm³/mol. The lowest BCUT2D eigenvalue weighted by Crippen LogP contribution is -2.47. The smallest absolute Gasteiger partial charge is 0.246 e. The highest BCUT2D eigenvalue weighted by Gasteiger charge is 2.29. The normalized spacial score (nSPS) is 15.3. The molecule has 1 unspecified atom stereocenters. The number of hydrogen-bond donors (Lipinski definition) is 2. The molecule has 3 N–H and O–H groups in total. The molecule has 138 valence electrons. The number of carbonyl (C=O) groups excluding carboxylic acids is 4. The summed E-state index contributed by atoms with van der Waals surface area (Å²) in [5.74, 6) is -1.27. The Hall–Kier alpha value is -2.48. The molecule has 1 aliphatic rings. The molecule has 0 saturated carbocycles. The van der Waals surface area contributed by atoms with Crippen molar-refractivity contribution in [2.45, 2.75) is 38.6 Å². The molecule has 1 atom stereocenters. The van der Waals surface area contributed by atoms with Crippen molar-refractivity contribution in [2.24, 2.45) is 5.73 Å². The van der Waals surface area contributed by atoms with Crippen LogP contribution in [0.5, 0.6) is 0 Å². The highest BCUT2D eigenvalue weighted by atomic mass is 16.5. The van der Waals surface area contributed by atoms with Crippen LogP contribution in [0.3, 0.4) is 0 Å². The van der Waals surface area contributed by atoms with E-state index in [0.717, 1.165) is 5.57 Å². The van der Waals surface area contributed by atoms with Gasteiger partial charge >= 0.3 is 0 Å². The van der Waals surface area contributed by atoms with Gasteiger partial charge in [0, 0.05) is 19.4 Å². The minimum Gasteiger partial charge on any atom is -0.368 e. The van der Waals surface area contributed by atoms with Crippen molar-refractivity contribution in [3.8, 4) is 0 Å². The number of rotatable bonds is 11. The maximum absolute atomic E-state index is 11.8. The SMILES string of the molecule is C=CC(C/C=C(\C)CCC(=O)N1CCC1=O)NC(=O)COCC(N)=O. The first-order valence-electron chi connectivity index (χ1n) is 8.10. The molecule has 8 nitrogen and oxygen atoms in total. The Bertz CT molecular complexity index is 571. The minimum atomic E-state index is -0.638. The van der Waals surface area contributed by atoms with Gasteiger partial charge < -0.3 is 15.8 Å². The molecule has 1 heterocycles. The standard InChI is InChI=1S/C17H25N3O5/c1-3-13(19-15(22)11-25-10-14(18)21)6-4-12(2)5-7-16(23)20-9-8-17(20)24/h3-4,13H,1,5-11H2,2H3,(H2,18,21)(H,19,22)/b12-4+. The van der Waals surface area contributed by atoms with Gasteiger partial charge in [-0.05, 0) is 19.8 Å². The van der Waals surface area contributed by atoms with Crippen LogP contribution in [0.1, 0.15) is 32.6 Å². The van der Waals surface area contributed by atoms with Crippen molar-refractivity contribution in [3.05, 3.63) is 24.3 Å². The monoisotopic (exact) mass is 351 g/mol. The first-order chi connectivity index (χ1) is 11.8. The molecule has 25 heavy (non-hydrogen) atoms. The number of likely N-dealkylation sites (tertiary alicyclic amines) is 1. The first-order valence-corrected chi connectivity index (χ1v) is 8.10. The van der Waals surface area contributed by atoms with E-state index in [0.29, 0.717) is 32.2 Å². The van der Waals surface area contributed by atoms with Crippen LogP contribution < -0.4 is 11.1 Å². The zero-order valence-corrected chi connectivity index (χ0v) is 14.5. The summed E-state index contributed by atoms with van der Waals surface area (Å²) in [7, 11) is 0. The number of nitrogens with zero attached hydrogens (tertiary/aromatic N) is 1. The molecule has 1 aliphatic heterocycles. The molecule has 1 saturated heterocycles. The van der Waals surface area contributed by atoms with Crippen molar-refractivity contribution >= 4 is 23.6 Å². The molecular weight excluding hydrogens is 326 g/mol. The fourth-order valence-electron chi connectivity index (χ4n) is 2.15. The number of carbonyl (C=O) groups is 4. The Balaban J connectivity index is 2.30. The van der Waals surface area contributed by atoms with Gasteiger partial charge in [-0.25, -0.2) is 0 Å². The molecule has 8 heteroatoms. The Morgan fingerprint density at radius 3 is 2.60 bits per heavy atom. The highest BCUT2D eigenvalue weighted by Crippen LogP contribution is 2.14. The van der Waals surface area contributed by atoms with E-state index in [1.165, 1.54) is 4.90 Å². The zero-order valence-electron chi connectivity index (χ0n) is 14.5. The lowest BCUT2D eigenvalue weighted by Gasteiger charge is -2.28. The summed E-state index contributed by atoms with van der Waals surface area (Å²) < 4.78 is 4.83. The fourth-order valence-corrected chi connectivity index (χ4v) is 2.15. The number of hydrogen-bond acceptors (Lipinski definition) is 5. The molecule has 0 aliphatic carbocycles. The van der Waals surface area contributed by atoms with Crippen LogP contribution in [-0.4, -0.2) is 54.3 Å². The summed E-state index contributed by atoms with van der Waals surface area (Å²) in [5.41, 5.74) is 5.90. The van der Waals surface area contributed by atoms with Gasteiger partial charge in [0.25, 0.3) is 0 Å². The maximum Gasteiger partial charge on any atom is 0.246 e. The van der Waals surface area contributed by atoms with Gasteiger partial charge in [-0.3, -0.25) is 24.1 Å². The molecule has 0 aromatic rings. The first kappa shape index (κ1) is 20.6. The minimum absolute atomic E-state index is 0.111. The second-order valence-electron chi connectivity index (χ2n) is 5.84. The van der Waals surface area contributed by atoms with E-state index in [4.69, 9.17) is 10.5 Å². The molecule has 0 radical (unpaired) electrons. The molecular formula is C17H25N3O5. The van der Waals surface area contributed by atoms with E-state index < -0.39 is 5.91 Å². The Labute approximate surface area is 147 Å². The molecule has 0 spiro atoms. The second-order valence-corrected chi connectivity index (χ2v) is 5.84. The molecule has 0 aromatic carbocycles. The molecule has 1 fully saturated rings. The van der Waals surface area contributed by atoms with Crippen LogP contribution in [0.4, 0.5) is 0 Å². The Morgan fingerprint density at radius 1 is 1.36 bits per heavy atom. The van der Waals surface area contributed by atoms with Crippen LogP contribution in [-0.2, 0) is 23.9 Å². The van der Waals surface area contributed by atoms with Crippen LogP contribution in [0.15, 0.2) is 24.3 Å². The van der Waals surface area contributed by atoms with Crippen molar-refractivity contribution in [3.63, 3.8) is 0 Å². The lowest BCUT2D eigenvalue weighted by molar-refractivity contribution is -0.152. The topological polar surface area (TPSA) is 119 Å². The van der Waals surface area contributed by atoms with Gasteiger partial charge in [0.1, 0.15) is 13.2 Å². The quantitative estimate of drug-likeness (QED) is 0.402. The third-order valence-electron chi connectivity index (χ3n) is 3.71. The summed E-state index contributed by atoms with van der Waals surface area (Å²) >= 11 is 0. The number of amides is 4.